The monoisotopic (exact) mass is 332 g/mol. The number of unbranched alkanes of at least 4 members (excludes halogenated alkanes) is 2. The molecule has 6 heteroatoms. The molecular weight excluding hydrogens is 312 g/mol. The van der Waals surface area contributed by atoms with Gasteiger partial charge >= 0.3 is 0 Å². The lowest BCUT2D eigenvalue weighted by Gasteiger charge is -2.13. The Hall–Kier alpha value is -1.94. The Bertz CT molecular complexity index is 797. The summed E-state index contributed by atoms with van der Waals surface area (Å²) in [6.45, 7) is -0.0566. The topological polar surface area (TPSA) is 90.2 Å². The highest BCUT2D eigenvalue weighted by molar-refractivity contribution is 7.89. The van der Waals surface area contributed by atoms with E-state index in [1.54, 1.807) is 6.07 Å². The van der Waals surface area contributed by atoms with E-state index in [9.17, 15) is 13.5 Å². The standard InChI is InChI=1S/C17H20N2O3S/c18-10-4-1-5-11-23(21,22)19-13-17(20)16-9-8-14-6-2-3-7-15(14)12-16/h2-3,6-9,12,17,19-20H,1,4-5,11,13H2. The average Bonchev–Trinajstić information content (AvgIpc) is 2.56. The van der Waals surface area contributed by atoms with Crippen LogP contribution in [-0.2, 0) is 10.0 Å². The molecule has 0 bridgehead atoms. The molecule has 0 aliphatic rings. The van der Waals surface area contributed by atoms with Crippen LogP contribution in [0.3, 0.4) is 0 Å². The van der Waals surface area contributed by atoms with Crippen LogP contribution in [0.4, 0.5) is 0 Å². The Balaban J connectivity index is 1.92. The molecule has 2 rings (SSSR count). The van der Waals surface area contributed by atoms with Gasteiger partial charge in [-0.05, 0) is 35.2 Å². The highest BCUT2D eigenvalue weighted by atomic mass is 32.2. The predicted molar refractivity (Wildman–Crippen MR) is 90.2 cm³/mol. The molecular formula is C17H20N2O3S. The van der Waals surface area contributed by atoms with E-state index in [4.69, 9.17) is 5.26 Å². The van der Waals surface area contributed by atoms with E-state index in [-0.39, 0.29) is 12.3 Å². The number of nitriles is 1. The summed E-state index contributed by atoms with van der Waals surface area (Å²) in [5.41, 5.74) is 0.677. The van der Waals surface area contributed by atoms with Crippen LogP contribution in [0.2, 0.25) is 0 Å². The van der Waals surface area contributed by atoms with Crippen molar-refractivity contribution >= 4 is 20.8 Å². The van der Waals surface area contributed by atoms with E-state index < -0.39 is 16.1 Å². The Morgan fingerprint density at radius 2 is 1.87 bits per heavy atom. The second-order valence-electron chi connectivity index (χ2n) is 5.40. The van der Waals surface area contributed by atoms with Gasteiger partial charge in [0.05, 0.1) is 17.9 Å². The zero-order valence-corrected chi connectivity index (χ0v) is 13.6. The van der Waals surface area contributed by atoms with Gasteiger partial charge in [-0.15, -0.1) is 0 Å². The SMILES string of the molecule is N#CCCCCS(=O)(=O)NCC(O)c1ccc2ccccc2c1. The third kappa shape index (κ3) is 5.32. The smallest absolute Gasteiger partial charge is 0.211 e. The van der Waals surface area contributed by atoms with Gasteiger partial charge in [-0.1, -0.05) is 36.4 Å². The van der Waals surface area contributed by atoms with Gasteiger partial charge < -0.3 is 5.11 Å². The van der Waals surface area contributed by atoms with Crippen molar-refractivity contribution in [1.29, 1.82) is 5.26 Å². The lowest BCUT2D eigenvalue weighted by Crippen LogP contribution is -2.30. The number of benzene rings is 2. The fraction of sp³-hybridized carbons (Fsp3) is 0.353. The van der Waals surface area contributed by atoms with Gasteiger partial charge in [0.15, 0.2) is 0 Å². The second-order valence-corrected chi connectivity index (χ2v) is 7.33. The molecule has 0 saturated carbocycles. The first-order valence-electron chi connectivity index (χ1n) is 7.53. The maximum atomic E-state index is 11.8. The van der Waals surface area contributed by atoms with Gasteiger partial charge in [-0.25, -0.2) is 13.1 Å². The molecule has 0 spiro atoms. The van der Waals surface area contributed by atoms with E-state index in [1.807, 2.05) is 42.5 Å². The molecule has 0 aromatic heterocycles. The van der Waals surface area contributed by atoms with Crippen LogP contribution in [0.15, 0.2) is 42.5 Å². The minimum Gasteiger partial charge on any atom is -0.387 e. The van der Waals surface area contributed by atoms with Crippen molar-refractivity contribution in [1.82, 2.24) is 4.72 Å². The van der Waals surface area contributed by atoms with Crippen LogP contribution < -0.4 is 4.72 Å². The predicted octanol–water partition coefficient (Wildman–Crippen LogP) is 2.49. The fourth-order valence-electron chi connectivity index (χ4n) is 2.31. The number of fused-ring (bicyclic) bond motifs is 1. The van der Waals surface area contributed by atoms with Crippen molar-refractivity contribution in [3.05, 3.63) is 48.0 Å². The number of aliphatic hydroxyl groups excluding tert-OH is 1. The average molecular weight is 332 g/mol. The summed E-state index contributed by atoms with van der Waals surface area (Å²) >= 11 is 0. The van der Waals surface area contributed by atoms with Crippen LogP contribution in [0.1, 0.15) is 30.9 Å². The van der Waals surface area contributed by atoms with Crippen molar-refractivity contribution in [2.75, 3.05) is 12.3 Å². The zero-order valence-electron chi connectivity index (χ0n) is 12.8. The zero-order chi connectivity index (χ0) is 16.7. The molecule has 2 aromatic rings. The van der Waals surface area contributed by atoms with Gasteiger partial charge in [0.25, 0.3) is 0 Å². The number of nitrogens with one attached hydrogen (secondary N) is 1. The lowest BCUT2D eigenvalue weighted by atomic mass is 10.0. The third-order valence-corrected chi connectivity index (χ3v) is 5.04. The summed E-state index contributed by atoms with van der Waals surface area (Å²) in [5, 5.41) is 20.7. The Morgan fingerprint density at radius 3 is 2.61 bits per heavy atom. The van der Waals surface area contributed by atoms with Crippen LogP contribution in [0.5, 0.6) is 0 Å². The van der Waals surface area contributed by atoms with Gasteiger partial charge in [0, 0.05) is 13.0 Å². The molecule has 0 heterocycles. The Labute approximate surface area is 136 Å². The van der Waals surface area contributed by atoms with E-state index in [1.165, 1.54) is 0 Å². The molecule has 122 valence electrons. The van der Waals surface area contributed by atoms with Gasteiger partial charge in [-0.2, -0.15) is 5.26 Å². The van der Waals surface area contributed by atoms with E-state index in [0.717, 1.165) is 10.8 Å². The van der Waals surface area contributed by atoms with E-state index in [0.29, 0.717) is 24.8 Å². The molecule has 0 saturated heterocycles. The van der Waals surface area contributed by atoms with Crippen molar-refractivity contribution in [3.63, 3.8) is 0 Å². The maximum absolute atomic E-state index is 11.8. The highest BCUT2D eigenvalue weighted by Gasteiger charge is 2.14. The van der Waals surface area contributed by atoms with Crippen molar-refractivity contribution < 1.29 is 13.5 Å². The third-order valence-electron chi connectivity index (χ3n) is 3.61. The van der Waals surface area contributed by atoms with Gasteiger partial charge in [-0.3, -0.25) is 0 Å². The number of rotatable bonds is 8. The van der Waals surface area contributed by atoms with Crippen molar-refractivity contribution in [2.24, 2.45) is 0 Å². The molecule has 1 unspecified atom stereocenters. The van der Waals surface area contributed by atoms with Crippen LogP contribution in [0, 0.1) is 11.3 Å². The number of sulfonamides is 1. The molecule has 0 fully saturated rings. The number of hydrogen-bond donors (Lipinski definition) is 2. The minimum atomic E-state index is -3.43. The molecule has 0 amide bonds. The first-order chi connectivity index (χ1) is 11.0. The first kappa shape index (κ1) is 17.4. The highest BCUT2D eigenvalue weighted by Crippen LogP contribution is 2.20. The van der Waals surface area contributed by atoms with Crippen molar-refractivity contribution in [3.8, 4) is 6.07 Å². The maximum Gasteiger partial charge on any atom is 0.211 e. The minimum absolute atomic E-state index is 0.0287. The molecule has 0 radical (unpaired) electrons. The molecule has 2 N–H and O–H groups in total. The quantitative estimate of drug-likeness (QED) is 0.727. The fourth-order valence-corrected chi connectivity index (χ4v) is 3.45. The molecule has 1 atom stereocenters. The second kappa shape index (κ2) is 8.06. The summed E-state index contributed by atoms with van der Waals surface area (Å²) in [5.74, 6) is -0.0287. The summed E-state index contributed by atoms with van der Waals surface area (Å²) in [7, 11) is -3.43. The summed E-state index contributed by atoms with van der Waals surface area (Å²) in [6, 6.07) is 15.3. The number of aliphatic hydroxyl groups is 1. The molecule has 5 nitrogen and oxygen atoms in total. The van der Waals surface area contributed by atoms with E-state index in [2.05, 4.69) is 4.72 Å². The molecule has 23 heavy (non-hydrogen) atoms. The largest absolute Gasteiger partial charge is 0.387 e. The lowest BCUT2D eigenvalue weighted by molar-refractivity contribution is 0.182. The van der Waals surface area contributed by atoms with Crippen molar-refractivity contribution in [2.45, 2.75) is 25.4 Å². The molecule has 0 aliphatic heterocycles. The summed E-state index contributed by atoms with van der Waals surface area (Å²) in [6.07, 6.45) is 0.461. The summed E-state index contributed by atoms with van der Waals surface area (Å²) in [4.78, 5) is 0. The van der Waals surface area contributed by atoms with Crippen LogP contribution >= 0.6 is 0 Å². The number of hydrogen-bond acceptors (Lipinski definition) is 4. The first-order valence-corrected chi connectivity index (χ1v) is 9.18. The molecule has 2 aromatic carbocycles. The normalized spacial score (nSPS) is 12.9. The number of nitrogens with zero attached hydrogens (tertiary/aromatic N) is 1. The van der Waals surface area contributed by atoms with Gasteiger partial charge in [0.1, 0.15) is 0 Å². The Morgan fingerprint density at radius 1 is 1.13 bits per heavy atom. The molecule has 0 aliphatic carbocycles. The summed E-state index contributed by atoms with van der Waals surface area (Å²) < 4.78 is 26.1. The van der Waals surface area contributed by atoms with Gasteiger partial charge in [0.2, 0.25) is 10.0 Å². The Kier molecular flexibility index (Phi) is 6.11. The van der Waals surface area contributed by atoms with Crippen LogP contribution in [-0.4, -0.2) is 25.8 Å². The van der Waals surface area contributed by atoms with Crippen LogP contribution in [0.25, 0.3) is 10.8 Å². The van der Waals surface area contributed by atoms with E-state index >= 15 is 0 Å².